The number of benzene rings is 2. The first kappa shape index (κ1) is 25.3. The van der Waals surface area contributed by atoms with Gasteiger partial charge in [-0.05, 0) is 56.2 Å². The zero-order chi connectivity index (χ0) is 25.2. The van der Waals surface area contributed by atoms with E-state index >= 15 is 0 Å². The molecule has 0 saturated carbocycles. The molecule has 0 aromatic heterocycles. The van der Waals surface area contributed by atoms with E-state index in [1.807, 2.05) is 0 Å². The van der Waals surface area contributed by atoms with Gasteiger partial charge in [0.1, 0.15) is 19.3 Å². The first-order valence-electron chi connectivity index (χ1n) is 11.4. The molecule has 1 N–H and O–H groups in total. The van der Waals surface area contributed by atoms with Crippen LogP contribution in [0.3, 0.4) is 0 Å². The number of hydrogen-bond acceptors (Lipinski definition) is 7. The summed E-state index contributed by atoms with van der Waals surface area (Å²) in [4.78, 5) is 13.1. The first-order chi connectivity index (χ1) is 16.6. The van der Waals surface area contributed by atoms with Gasteiger partial charge >= 0.3 is 0 Å². The molecule has 0 aliphatic carbocycles. The maximum absolute atomic E-state index is 13.0. The number of rotatable bonds is 7. The normalized spacial score (nSPS) is 17.4. The number of hydrogen-bond donors (Lipinski definition) is 1. The molecular formula is C23H29N3O7S2. The quantitative estimate of drug-likeness (QED) is 0.591. The van der Waals surface area contributed by atoms with Crippen LogP contribution in [0.2, 0.25) is 0 Å². The van der Waals surface area contributed by atoms with E-state index in [9.17, 15) is 21.6 Å². The zero-order valence-electron chi connectivity index (χ0n) is 19.6. The molecule has 190 valence electrons. The van der Waals surface area contributed by atoms with E-state index in [1.165, 1.54) is 41.6 Å². The first-order valence-corrected chi connectivity index (χ1v) is 14.7. The molecule has 0 radical (unpaired) electrons. The van der Waals surface area contributed by atoms with Crippen LogP contribution in [0.1, 0.15) is 26.2 Å². The van der Waals surface area contributed by atoms with E-state index in [0.717, 1.165) is 29.8 Å². The Morgan fingerprint density at radius 2 is 1.57 bits per heavy atom. The van der Waals surface area contributed by atoms with E-state index in [0.29, 0.717) is 43.5 Å². The molecule has 35 heavy (non-hydrogen) atoms. The number of fused-ring (bicyclic) bond motifs is 1. The van der Waals surface area contributed by atoms with Crippen molar-refractivity contribution < 1.29 is 31.1 Å². The van der Waals surface area contributed by atoms with Crippen LogP contribution in [0.15, 0.2) is 47.4 Å². The monoisotopic (exact) mass is 523 g/mol. The van der Waals surface area contributed by atoms with Gasteiger partial charge in [-0.25, -0.2) is 16.8 Å². The number of nitrogens with zero attached hydrogens (tertiary/aromatic N) is 2. The highest BCUT2D eigenvalue weighted by molar-refractivity contribution is 7.92. The number of piperidine rings is 1. The van der Waals surface area contributed by atoms with Crippen molar-refractivity contribution in [3.05, 3.63) is 42.5 Å². The van der Waals surface area contributed by atoms with Gasteiger partial charge in [-0.15, -0.1) is 0 Å². The third-order valence-corrected chi connectivity index (χ3v) is 9.10. The number of nitrogens with one attached hydrogen (secondary N) is 1. The summed E-state index contributed by atoms with van der Waals surface area (Å²) in [5.74, 6) is 0.336. The predicted octanol–water partition coefficient (Wildman–Crippen LogP) is 2.43. The van der Waals surface area contributed by atoms with Gasteiger partial charge in [-0.3, -0.25) is 9.10 Å². The van der Waals surface area contributed by atoms with Crippen molar-refractivity contribution >= 4 is 37.3 Å². The molecule has 2 aliphatic rings. The Morgan fingerprint density at radius 1 is 0.943 bits per heavy atom. The molecule has 0 spiro atoms. The Labute approximate surface area is 205 Å². The summed E-state index contributed by atoms with van der Waals surface area (Å²) in [6.07, 6.45) is 3.72. The number of anilines is 2. The summed E-state index contributed by atoms with van der Waals surface area (Å²) >= 11 is 0. The van der Waals surface area contributed by atoms with Crippen LogP contribution in [0.4, 0.5) is 11.4 Å². The Balaban J connectivity index is 1.51. The van der Waals surface area contributed by atoms with Crippen molar-refractivity contribution in [2.45, 2.75) is 37.1 Å². The van der Waals surface area contributed by atoms with Crippen LogP contribution < -0.4 is 19.1 Å². The fourth-order valence-electron chi connectivity index (χ4n) is 4.19. The van der Waals surface area contributed by atoms with Gasteiger partial charge in [-0.2, -0.15) is 4.31 Å². The molecule has 0 bridgehead atoms. The average molecular weight is 524 g/mol. The minimum atomic E-state index is -3.83. The van der Waals surface area contributed by atoms with E-state index in [2.05, 4.69) is 5.32 Å². The largest absolute Gasteiger partial charge is 0.486 e. The van der Waals surface area contributed by atoms with Gasteiger partial charge in [0.25, 0.3) is 0 Å². The summed E-state index contributed by atoms with van der Waals surface area (Å²) in [5.41, 5.74) is 0.623. The molecule has 1 fully saturated rings. The molecule has 2 aliphatic heterocycles. The lowest BCUT2D eigenvalue weighted by molar-refractivity contribution is -0.116. The molecule has 1 amide bonds. The van der Waals surface area contributed by atoms with Crippen molar-refractivity contribution in [2.24, 2.45) is 0 Å². The highest BCUT2D eigenvalue weighted by Crippen LogP contribution is 2.35. The molecule has 10 nitrogen and oxygen atoms in total. The van der Waals surface area contributed by atoms with Gasteiger partial charge in [-0.1, -0.05) is 6.42 Å². The Kier molecular flexibility index (Phi) is 7.25. The lowest BCUT2D eigenvalue weighted by atomic mass is 10.2. The fraction of sp³-hybridized carbons (Fsp3) is 0.435. The predicted molar refractivity (Wildman–Crippen MR) is 132 cm³/mol. The molecule has 1 saturated heterocycles. The molecule has 2 aromatic carbocycles. The number of sulfonamides is 2. The molecule has 4 rings (SSSR count). The van der Waals surface area contributed by atoms with E-state index in [-0.39, 0.29) is 10.6 Å². The minimum absolute atomic E-state index is 0.152. The van der Waals surface area contributed by atoms with Crippen LogP contribution in [-0.2, 0) is 24.8 Å². The van der Waals surface area contributed by atoms with Gasteiger partial charge < -0.3 is 14.8 Å². The second-order valence-corrected chi connectivity index (χ2v) is 12.3. The maximum Gasteiger partial charge on any atom is 0.247 e. The summed E-state index contributed by atoms with van der Waals surface area (Å²) in [6.45, 7) is 3.22. The highest BCUT2D eigenvalue weighted by Gasteiger charge is 2.31. The standard InChI is InChI=1S/C23H29N3O7S2/c1-17(26(34(2,28)29)19-8-11-21-22(16-19)33-15-14-32-21)23(27)24-18-6-9-20(10-7-18)35(30,31)25-12-4-3-5-13-25/h6-11,16-17H,3-5,12-15H2,1-2H3,(H,24,27)/t17-/m1/s1. The van der Waals surface area contributed by atoms with Crippen LogP contribution >= 0.6 is 0 Å². The number of amides is 1. The Hall–Kier alpha value is -2.83. The van der Waals surface area contributed by atoms with Gasteiger partial charge in [0, 0.05) is 24.8 Å². The van der Waals surface area contributed by atoms with Crippen LogP contribution in [0.25, 0.3) is 0 Å². The molecule has 2 aromatic rings. The Bertz CT molecular complexity index is 1290. The van der Waals surface area contributed by atoms with Crippen molar-refractivity contribution in [1.29, 1.82) is 0 Å². The van der Waals surface area contributed by atoms with Crippen molar-refractivity contribution in [2.75, 3.05) is 42.2 Å². The zero-order valence-corrected chi connectivity index (χ0v) is 21.3. The molecular weight excluding hydrogens is 494 g/mol. The number of carbonyl (C=O) groups excluding carboxylic acids is 1. The molecule has 1 atom stereocenters. The van der Waals surface area contributed by atoms with Crippen molar-refractivity contribution in [1.82, 2.24) is 4.31 Å². The fourth-order valence-corrected chi connectivity index (χ4v) is 6.87. The molecule has 0 unspecified atom stereocenters. The Morgan fingerprint density at radius 3 is 2.20 bits per heavy atom. The SMILES string of the molecule is C[C@H](C(=O)Nc1ccc(S(=O)(=O)N2CCCCC2)cc1)N(c1ccc2c(c1)OCCO2)S(C)(=O)=O. The van der Waals surface area contributed by atoms with Crippen molar-refractivity contribution in [3.8, 4) is 11.5 Å². The summed E-state index contributed by atoms with van der Waals surface area (Å²) in [7, 11) is -7.42. The second kappa shape index (κ2) is 10.0. The van der Waals surface area contributed by atoms with Crippen molar-refractivity contribution in [3.63, 3.8) is 0 Å². The smallest absolute Gasteiger partial charge is 0.247 e. The van der Waals surface area contributed by atoms with E-state index < -0.39 is 32.0 Å². The van der Waals surface area contributed by atoms with Gasteiger partial charge in [0.05, 0.1) is 16.8 Å². The number of carbonyl (C=O) groups is 1. The van der Waals surface area contributed by atoms with E-state index in [4.69, 9.17) is 9.47 Å². The lowest BCUT2D eigenvalue weighted by Gasteiger charge is -2.29. The third kappa shape index (κ3) is 5.54. The third-order valence-electron chi connectivity index (χ3n) is 5.94. The molecule has 12 heteroatoms. The van der Waals surface area contributed by atoms with Crippen LogP contribution in [0, 0.1) is 0 Å². The lowest BCUT2D eigenvalue weighted by Crippen LogP contribution is -2.45. The van der Waals surface area contributed by atoms with Crippen LogP contribution in [-0.4, -0.2) is 65.6 Å². The summed E-state index contributed by atoms with van der Waals surface area (Å²) in [5, 5.41) is 2.68. The van der Waals surface area contributed by atoms with E-state index in [1.54, 1.807) is 12.1 Å². The maximum atomic E-state index is 13.0. The second-order valence-electron chi connectivity index (χ2n) is 8.54. The number of ether oxygens (including phenoxy) is 2. The summed E-state index contributed by atoms with van der Waals surface area (Å²) in [6, 6.07) is 9.47. The van der Waals surface area contributed by atoms with Gasteiger partial charge in [0.2, 0.25) is 26.0 Å². The average Bonchev–Trinajstić information content (AvgIpc) is 2.84. The highest BCUT2D eigenvalue weighted by atomic mass is 32.2. The minimum Gasteiger partial charge on any atom is -0.486 e. The van der Waals surface area contributed by atoms with Crippen LogP contribution in [0.5, 0.6) is 11.5 Å². The summed E-state index contributed by atoms with van der Waals surface area (Å²) < 4.78 is 64.4. The molecule has 2 heterocycles. The topological polar surface area (TPSA) is 122 Å². The van der Waals surface area contributed by atoms with Gasteiger partial charge in [0.15, 0.2) is 11.5 Å².